The van der Waals surface area contributed by atoms with Crippen molar-refractivity contribution in [2.24, 2.45) is 0 Å². The number of hydrogen-bond donors (Lipinski definition) is 0. The Bertz CT molecular complexity index is 309. The van der Waals surface area contributed by atoms with E-state index in [2.05, 4.69) is 6.08 Å². The lowest BCUT2D eigenvalue weighted by atomic mass is 10.2. The molecule has 0 saturated heterocycles. The fourth-order valence-electron chi connectivity index (χ4n) is 1.38. The van der Waals surface area contributed by atoms with Gasteiger partial charge in [-0.25, -0.2) is 8.42 Å². The zero-order chi connectivity index (χ0) is 10.1. The maximum absolute atomic E-state index is 11.1. The van der Waals surface area contributed by atoms with E-state index in [1.165, 1.54) is 5.57 Å². The van der Waals surface area contributed by atoms with Crippen LogP contribution in [0.15, 0.2) is 11.6 Å². The first-order valence-corrected chi connectivity index (χ1v) is 6.76. The molecule has 4 heteroatoms. The third-order valence-corrected chi connectivity index (χ3v) is 5.11. The molecule has 0 bridgehead atoms. The Labute approximate surface area is 84.4 Å². The first-order valence-electron chi connectivity index (χ1n) is 4.45. The third kappa shape index (κ3) is 2.71. The van der Waals surface area contributed by atoms with E-state index in [1.807, 2.05) is 13.8 Å². The van der Waals surface area contributed by atoms with Gasteiger partial charge in [0.1, 0.15) is 0 Å². The van der Waals surface area contributed by atoms with Gasteiger partial charge in [-0.1, -0.05) is 11.6 Å². The summed E-state index contributed by atoms with van der Waals surface area (Å²) < 4.78 is 21.7. The van der Waals surface area contributed by atoms with Gasteiger partial charge in [0.15, 0.2) is 0 Å². The van der Waals surface area contributed by atoms with E-state index in [4.69, 9.17) is 10.7 Å². The van der Waals surface area contributed by atoms with Gasteiger partial charge in [-0.3, -0.25) is 0 Å². The number of hydrogen-bond acceptors (Lipinski definition) is 2. The van der Waals surface area contributed by atoms with Gasteiger partial charge in [0.2, 0.25) is 9.05 Å². The summed E-state index contributed by atoms with van der Waals surface area (Å²) in [5.41, 5.74) is 1.22. The van der Waals surface area contributed by atoms with E-state index in [1.54, 1.807) is 0 Å². The van der Waals surface area contributed by atoms with Gasteiger partial charge < -0.3 is 0 Å². The highest BCUT2D eigenvalue weighted by molar-refractivity contribution is 8.15. The molecule has 1 saturated carbocycles. The molecule has 13 heavy (non-hydrogen) atoms. The topological polar surface area (TPSA) is 34.1 Å². The summed E-state index contributed by atoms with van der Waals surface area (Å²) in [6.45, 7) is 4.02. The second-order valence-corrected chi connectivity index (χ2v) is 6.90. The van der Waals surface area contributed by atoms with Crippen LogP contribution in [0.4, 0.5) is 0 Å². The van der Waals surface area contributed by atoms with Crippen LogP contribution in [0.2, 0.25) is 0 Å². The predicted octanol–water partition coefficient (Wildman–Crippen LogP) is 2.83. The molecular formula is C9H15ClO2S. The van der Waals surface area contributed by atoms with Crippen molar-refractivity contribution >= 4 is 19.7 Å². The first-order chi connectivity index (χ1) is 5.87. The number of halogens is 1. The summed E-state index contributed by atoms with van der Waals surface area (Å²) in [6.07, 6.45) is 5.01. The van der Waals surface area contributed by atoms with Crippen molar-refractivity contribution < 1.29 is 8.42 Å². The van der Waals surface area contributed by atoms with E-state index in [9.17, 15) is 8.42 Å². The third-order valence-electron chi connectivity index (χ3n) is 2.48. The molecule has 0 aromatic rings. The Kier molecular flexibility index (Phi) is 3.08. The zero-order valence-corrected chi connectivity index (χ0v) is 9.58. The average Bonchev–Trinajstić information content (AvgIpc) is 2.65. The molecule has 0 aliphatic heterocycles. The largest absolute Gasteiger partial charge is 0.238 e. The first kappa shape index (κ1) is 11.1. The van der Waals surface area contributed by atoms with Crippen LogP contribution in [0.3, 0.4) is 0 Å². The van der Waals surface area contributed by atoms with Crippen LogP contribution >= 0.6 is 10.7 Å². The lowest BCUT2D eigenvalue weighted by molar-refractivity contribution is 0.583. The molecule has 0 spiro atoms. The molecule has 0 aromatic carbocycles. The standard InChI is InChI=1S/C9H15ClO2S/c1-8(2)4-3-5-9(6-7-9)13(10,11)12/h4H,3,5-7H2,1-2H3. The van der Waals surface area contributed by atoms with Gasteiger partial charge in [0.05, 0.1) is 4.75 Å². The SMILES string of the molecule is CC(C)=CCCC1(S(=O)(=O)Cl)CC1. The van der Waals surface area contributed by atoms with Crippen molar-refractivity contribution in [3.05, 3.63) is 11.6 Å². The molecule has 1 rings (SSSR count). The molecule has 0 aromatic heterocycles. The molecule has 1 fully saturated rings. The maximum Gasteiger partial charge on any atom is 0.238 e. The van der Waals surface area contributed by atoms with Gasteiger partial charge in [0, 0.05) is 10.7 Å². The summed E-state index contributed by atoms with van der Waals surface area (Å²) in [7, 11) is 2.01. The molecule has 0 atom stereocenters. The lowest BCUT2D eigenvalue weighted by Gasteiger charge is -2.08. The number of allylic oxidation sites excluding steroid dienone is 2. The van der Waals surface area contributed by atoms with Gasteiger partial charge in [-0.2, -0.15) is 0 Å². The van der Waals surface area contributed by atoms with Crippen LogP contribution in [0.1, 0.15) is 39.5 Å². The van der Waals surface area contributed by atoms with E-state index >= 15 is 0 Å². The predicted molar refractivity (Wildman–Crippen MR) is 55.4 cm³/mol. The molecular weight excluding hydrogens is 208 g/mol. The Morgan fingerprint density at radius 3 is 2.31 bits per heavy atom. The molecule has 76 valence electrons. The van der Waals surface area contributed by atoms with Crippen molar-refractivity contribution in [2.75, 3.05) is 0 Å². The number of rotatable bonds is 4. The van der Waals surface area contributed by atoms with Crippen LogP contribution in [-0.2, 0) is 9.05 Å². The van der Waals surface area contributed by atoms with Crippen LogP contribution in [0, 0.1) is 0 Å². The van der Waals surface area contributed by atoms with E-state index in [0.717, 1.165) is 19.3 Å². The molecule has 0 radical (unpaired) electrons. The maximum atomic E-state index is 11.1. The van der Waals surface area contributed by atoms with Crippen LogP contribution in [-0.4, -0.2) is 13.2 Å². The van der Waals surface area contributed by atoms with Crippen molar-refractivity contribution in [1.29, 1.82) is 0 Å². The van der Waals surface area contributed by atoms with Gasteiger partial charge in [0.25, 0.3) is 0 Å². The van der Waals surface area contributed by atoms with Crippen molar-refractivity contribution in [3.63, 3.8) is 0 Å². The summed E-state index contributed by atoms with van der Waals surface area (Å²) in [6, 6.07) is 0. The molecule has 1 aliphatic carbocycles. The normalized spacial score (nSPS) is 19.6. The second kappa shape index (κ2) is 3.62. The summed E-state index contributed by atoms with van der Waals surface area (Å²) in [4.78, 5) is 0. The van der Waals surface area contributed by atoms with Crippen molar-refractivity contribution in [2.45, 2.75) is 44.3 Å². The Morgan fingerprint density at radius 2 is 2.00 bits per heavy atom. The van der Waals surface area contributed by atoms with Gasteiger partial charge in [-0.15, -0.1) is 0 Å². The van der Waals surface area contributed by atoms with Crippen LogP contribution < -0.4 is 0 Å². The molecule has 0 unspecified atom stereocenters. The minimum atomic E-state index is -3.35. The van der Waals surface area contributed by atoms with Crippen LogP contribution in [0.25, 0.3) is 0 Å². The van der Waals surface area contributed by atoms with Crippen molar-refractivity contribution in [1.82, 2.24) is 0 Å². The van der Waals surface area contributed by atoms with E-state index in [0.29, 0.717) is 6.42 Å². The molecule has 0 heterocycles. The highest BCUT2D eigenvalue weighted by Gasteiger charge is 2.52. The summed E-state index contributed by atoms with van der Waals surface area (Å²) in [5.74, 6) is 0. The molecule has 0 amide bonds. The Morgan fingerprint density at radius 1 is 1.46 bits per heavy atom. The zero-order valence-electron chi connectivity index (χ0n) is 8.01. The Hall–Kier alpha value is -0.0200. The smallest absolute Gasteiger partial charge is 0.212 e. The van der Waals surface area contributed by atoms with Crippen LogP contribution in [0.5, 0.6) is 0 Å². The fraction of sp³-hybridized carbons (Fsp3) is 0.778. The highest BCUT2D eigenvalue weighted by atomic mass is 35.7. The minimum absolute atomic E-state index is 0.583. The van der Waals surface area contributed by atoms with Gasteiger partial charge >= 0.3 is 0 Å². The molecule has 2 nitrogen and oxygen atoms in total. The molecule has 1 aliphatic rings. The Balaban J connectivity index is 2.51. The summed E-state index contributed by atoms with van der Waals surface area (Å²) >= 11 is 0. The average molecular weight is 223 g/mol. The summed E-state index contributed by atoms with van der Waals surface area (Å²) in [5, 5.41) is 0. The lowest BCUT2D eigenvalue weighted by Crippen LogP contribution is -2.17. The molecule has 0 N–H and O–H groups in total. The highest BCUT2D eigenvalue weighted by Crippen LogP contribution is 2.49. The van der Waals surface area contributed by atoms with Crippen molar-refractivity contribution in [3.8, 4) is 0 Å². The minimum Gasteiger partial charge on any atom is -0.212 e. The fourth-order valence-corrected chi connectivity index (χ4v) is 3.02. The quantitative estimate of drug-likeness (QED) is 0.542. The second-order valence-electron chi connectivity index (χ2n) is 3.94. The monoisotopic (exact) mass is 222 g/mol. The van der Waals surface area contributed by atoms with E-state index < -0.39 is 13.8 Å². The van der Waals surface area contributed by atoms with Gasteiger partial charge in [-0.05, 0) is 39.5 Å². The van der Waals surface area contributed by atoms with E-state index in [-0.39, 0.29) is 0 Å².